The molecule has 1 aromatic carbocycles. The second kappa shape index (κ2) is 5.17. The number of carbonyl (C=O) groups excluding carboxylic acids is 1. The minimum absolute atomic E-state index is 0.00911. The standard InChI is InChI=1S/C12H16ClNO/c1-8-4-5-11(6-9(8)2)10(3)14-12(15)7-13/h4-6,10H,7H2,1-3H3,(H,14,15)/t10-/m1/s1. The van der Waals surface area contributed by atoms with Gasteiger partial charge in [-0.1, -0.05) is 18.2 Å². The molecule has 1 amide bonds. The highest BCUT2D eigenvalue weighted by Crippen LogP contribution is 2.16. The van der Waals surface area contributed by atoms with Crippen LogP contribution in [0.15, 0.2) is 18.2 Å². The summed E-state index contributed by atoms with van der Waals surface area (Å²) in [5, 5.41) is 2.82. The Morgan fingerprint density at radius 1 is 1.40 bits per heavy atom. The fourth-order valence-electron chi connectivity index (χ4n) is 1.40. The SMILES string of the molecule is Cc1ccc([C@@H](C)NC(=O)CCl)cc1C. The number of benzene rings is 1. The van der Waals surface area contributed by atoms with E-state index in [0.29, 0.717) is 0 Å². The van der Waals surface area contributed by atoms with Gasteiger partial charge in [0.15, 0.2) is 0 Å². The first-order valence-electron chi connectivity index (χ1n) is 4.97. The number of alkyl halides is 1. The predicted octanol–water partition coefficient (Wildman–Crippen LogP) is 2.72. The molecule has 1 aromatic rings. The molecule has 0 bridgehead atoms. The smallest absolute Gasteiger partial charge is 0.235 e. The van der Waals surface area contributed by atoms with Crippen LogP contribution in [0.25, 0.3) is 0 Å². The zero-order chi connectivity index (χ0) is 11.4. The van der Waals surface area contributed by atoms with Gasteiger partial charge < -0.3 is 5.32 Å². The van der Waals surface area contributed by atoms with Crippen molar-refractivity contribution in [1.82, 2.24) is 5.32 Å². The topological polar surface area (TPSA) is 29.1 Å². The summed E-state index contributed by atoms with van der Waals surface area (Å²) in [5.41, 5.74) is 3.60. The lowest BCUT2D eigenvalue weighted by atomic mass is 10.0. The van der Waals surface area contributed by atoms with Gasteiger partial charge >= 0.3 is 0 Å². The lowest BCUT2D eigenvalue weighted by molar-refractivity contribution is -0.119. The van der Waals surface area contributed by atoms with E-state index in [-0.39, 0.29) is 17.8 Å². The Labute approximate surface area is 95.6 Å². The zero-order valence-corrected chi connectivity index (χ0v) is 10.1. The Morgan fingerprint density at radius 3 is 2.60 bits per heavy atom. The fraction of sp³-hybridized carbons (Fsp3) is 0.417. The number of nitrogens with one attached hydrogen (secondary N) is 1. The molecule has 15 heavy (non-hydrogen) atoms. The molecule has 0 heterocycles. The average Bonchev–Trinajstić information content (AvgIpc) is 2.21. The van der Waals surface area contributed by atoms with Gasteiger partial charge in [0.25, 0.3) is 0 Å². The maximum atomic E-state index is 11.1. The van der Waals surface area contributed by atoms with Crippen LogP contribution < -0.4 is 5.32 Å². The van der Waals surface area contributed by atoms with Crippen LogP contribution >= 0.6 is 11.6 Å². The normalized spacial score (nSPS) is 12.3. The molecule has 0 spiro atoms. The number of aryl methyl sites for hydroxylation is 2. The third-order valence-electron chi connectivity index (χ3n) is 2.53. The zero-order valence-electron chi connectivity index (χ0n) is 9.30. The summed E-state index contributed by atoms with van der Waals surface area (Å²) >= 11 is 5.43. The van der Waals surface area contributed by atoms with E-state index in [9.17, 15) is 4.79 Å². The molecule has 3 heteroatoms. The summed E-state index contributed by atoms with van der Waals surface area (Å²) in [6, 6.07) is 6.19. The van der Waals surface area contributed by atoms with Crippen LogP contribution in [0.4, 0.5) is 0 Å². The second-order valence-electron chi connectivity index (χ2n) is 3.77. The lowest BCUT2D eigenvalue weighted by Gasteiger charge is -2.14. The van der Waals surface area contributed by atoms with Gasteiger partial charge in [0, 0.05) is 0 Å². The van der Waals surface area contributed by atoms with Gasteiger partial charge in [-0.05, 0) is 37.5 Å². The Hall–Kier alpha value is -1.02. The number of halogens is 1. The first kappa shape index (κ1) is 12.1. The van der Waals surface area contributed by atoms with E-state index in [2.05, 4.69) is 31.3 Å². The van der Waals surface area contributed by atoms with Crippen LogP contribution in [0.1, 0.15) is 29.7 Å². The van der Waals surface area contributed by atoms with Crippen LogP contribution in [0, 0.1) is 13.8 Å². The quantitative estimate of drug-likeness (QED) is 0.788. The first-order chi connectivity index (χ1) is 7.04. The van der Waals surface area contributed by atoms with Crippen LogP contribution in [0.3, 0.4) is 0 Å². The van der Waals surface area contributed by atoms with Crippen LogP contribution in [-0.4, -0.2) is 11.8 Å². The monoisotopic (exact) mass is 225 g/mol. The average molecular weight is 226 g/mol. The minimum atomic E-state index is -0.137. The van der Waals surface area contributed by atoms with Crippen molar-refractivity contribution in [1.29, 1.82) is 0 Å². The molecular weight excluding hydrogens is 210 g/mol. The van der Waals surface area contributed by atoms with E-state index in [1.165, 1.54) is 11.1 Å². The molecule has 1 N–H and O–H groups in total. The van der Waals surface area contributed by atoms with E-state index < -0.39 is 0 Å². The predicted molar refractivity (Wildman–Crippen MR) is 63.2 cm³/mol. The number of carbonyl (C=O) groups is 1. The van der Waals surface area contributed by atoms with Crippen molar-refractivity contribution in [3.05, 3.63) is 34.9 Å². The molecular formula is C12H16ClNO. The van der Waals surface area contributed by atoms with Crippen molar-refractivity contribution in [2.24, 2.45) is 0 Å². The molecule has 0 saturated carbocycles. The maximum Gasteiger partial charge on any atom is 0.235 e. The molecule has 1 atom stereocenters. The molecule has 0 fully saturated rings. The second-order valence-corrected chi connectivity index (χ2v) is 4.03. The summed E-state index contributed by atoms with van der Waals surface area (Å²) in [5.74, 6) is -0.128. The van der Waals surface area contributed by atoms with E-state index in [4.69, 9.17) is 11.6 Å². The Morgan fingerprint density at radius 2 is 2.07 bits per heavy atom. The highest BCUT2D eigenvalue weighted by molar-refractivity contribution is 6.27. The third-order valence-corrected chi connectivity index (χ3v) is 2.77. The number of hydrogen-bond acceptors (Lipinski definition) is 1. The molecule has 2 nitrogen and oxygen atoms in total. The van der Waals surface area contributed by atoms with Crippen LogP contribution in [0.2, 0.25) is 0 Å². The number of amides is 1. The van der Waals surface area contributed by atoms with Crippen molar-refractivity contribution in [2.75, 3.05) is 5.88 Å². The molecule has 0 unspecified atom stereocenters. The van der Waals surface area contributed by atoms with Crippen LogP contribution in [0.5, 0.6) is 0 Å². The minimum Gasteiger partial charge on any atom is -0.349 e. The van der Waals surface area contributed by atoms with Gasteiger partial charge in [-0.2, -0.15) is 0 Å². The molecule has 0 aromatic heterocycles. The van der Waals surface area contributed by atoms with Gasteiger partial charge in [-0.3, -0.25) is 4.79 Å². The van der Waals surface area contributed by atoms with Gasteiger partial charge in [0.2, 0.25) is 5.91 Å². The Balaban J connectivity index is 2.78. The summed E-state index contributed by atoms with van der Waals surface area (Å²) in [7, 11) is 0. The highest BCUT2D eigenvalue weighted by Gasteiger charge is 2.08. The van der Waals surface area contributed by atoms with E-state index >= 15 is 0 Å². The van der Waals surface area contributed by atoms with Gasteiger partial charge in [0.05, 0.1) is 6.04 Å². The molecule has 0 aliphatic rings. The van der Waals surface area contributed by atoms with E-state index in [1.807, 2.05) is 13.0 Å². The fourth-order valence-corrected chi connectivity index (χ4v) is 1.47. The third kappa shape index (κ3) is 3.24. The van der Waals surface area contributed by atoms with Gasteiger partial charge in [-0.25, -0.2) is 0 Å². The van der Waals surface area contributed by atoms with Gasteiger partial charge in [-0.15, -0.1) is 11.6 Å². The van der Waals surface area contributed by atoms with Crippen molar-refractivity contribution < 1.29 is 4.79 Å². The molecule has 0 radical (unpaired) electrons. The summed E-state index contributed by atoms with van der Waals surface area (Å²) < 4.78 is 0. The Kier molecular flexibility index (Phi) is 4.15. The molecule has 1 rings (SSSR count). The summed E-state index contributed by atoms with van der Waals surface area (Å²) in [6.07, 6.45) is 0. The Bertz CT molecular complexity index is 363. The molecule has 82 valence electrons. The lowest BCUT2D eigenvalue weighted by Crippen LogP contribution is -2.27. The van der Waals surface area contributed by atoms with Crippen molar-refractivity contribution in [3.63, 3.8) is 0 Å². The molecule has 0 aliphatic heterocycles. The summed E-state index contributed by atoms with van der Waals surface area (Å²) in [6.45, 7) is 6.09. The van der Waals surface area contributed by atoms with Crippen molar-refractivity contribution >= 4 is 17.5 Å². The van der Waals surface area contributed by atoms with E-state index in [0.717, 1.165) is 5.56 Å². The number of rotatable bonds is 3. The van der Waals surface area contributed by atoms with Crippen molar-refractivity contribution in [2.45, 2.75) is 26.8 Å². The van der Waals surface area contributed by atoms with E-state index in [1.54, 1.807) is 0 Å². The molecule has 0 aliphatic carbocycles. The van der Waals surface area contributed by atoms with Crippen LogP contribution in [-0.2, 0) is 4.79 Å². The molecule has 0 saturated heterocycles. The highest BCUT2D eigenvalue weighted by atomic mass is 35.5. The largest absolute Gasteiger partial charge is 0.349 e. The van der Waals surface area contributed by atoms with Gasteiger partial charge in [0.1, 0.15) is 5.88 Å². The maximum absolute atomic E-state index is 11.1. The summed E-state index contributed by atoms with van der Waals surface area (Å²) in [4.78, 5) is 11.1. The first-order valence-corrected chi connectivity index (χ1v) is 5.50. The number of hydrogen-bond donors (Lipinski definition) is 1. The van der Waals surface area contributed by atoms with Crippen molar-refractivity contribution in [3.8, 4) is 0 Å².